The van der Waals surface area contributed by atoms with Gasteiger partial charge in [-0.25, -0.2) is 32.0 Å². The number of hydrogen-bond donors (Lipinski definition) is 8. The van der Waals surface area contributed by atoms with Crippen LogP contribution in [-0.2, 0) is 48.9 Å². The number of carboxylic acids is 1. The van der Waals surface area contributed by atoms with Crippen molar-refractivity contribution in [3.05, 3.63) is 39.3 Å². The highest BCUT2D eigenvalue weighted by atomic mass is 32.2. The molecule has 2 fully saturated rings. The van der Waals surface area contributed by atoms with E-state index in [1.54, 1.807) is 4.72 Å². The average molecular weight is 861 g/mol. The van der Waals surface area contributed by atoms with Crippen LogP contribution in [0.15, 0.2) is 27.6 Å². The molecule has 0 aliphatic carbocycles. The number of nitrogens with one attached hydrogen (secondary N) is 5. The van der Waals surface area contributed by atoms with Gasteiger partial charge < -0.3 is 41.7 Å². The number of carbonyl (C=O) groups excluding carboxylic acids is 6. The van der Waals surface area contributed by atoms with E-state index in [0.717, 1.165) is 43.7 Å². The summed E-state index contributed by atoms with van der Waals surface area (Å²) < 4.78 is 51.7. The molecule has 4 heterocycles. The fourth-order valence-electron chi connectivity index (χ4n) is 5.06. The molecule has 25 nitrogen and oxygen atoms in total. The van der Waals surface area contributed by atoms with Crippen LogP contribution in [0.3, 0.4) is 0 Å². The summed E-state index contributed by atoms with van der Waals surface area (Å²) >= 11 is 0.907. The van der Waals surface area contributed by atoms with Crippen LogP contribution in [0.25, 0.3) is 0 Å². The van der Waals surface area contributed by atoms with Gasteiger partial charge in [-0.2, -0.15) is 8.42 Å². The fourth-order valence-corrected chi connectivity index (χ4v) is 7.42. The number of nitrogens with two attached hydrogens (primary N) is 1. The van der Waals surface area contributed by atoms with E-state index >= 15 is 0 Å². The number of aromatic amines is 1. The smallest absolute Gasteiger partial charge is 0.350 e. The number of sulfone groups is 1. The second kappa shape index (κ2) is 16.5. The molecule has 0 bridgehead atoms. The lowest BCUT2D eigenvalue weighted by atomic mass is 9.97. The van der Waals surface area contributed by atoms with Crippen molar-refractivity contribution in [2.24, 2.45) is 5.16 Å². The van der Waals surface area contributed by atoms with E-state index in [9.17, 15) is 65.4 Å². The Balaban J connectivity index is 1.39. The number of carboxylic acid groups (broad SMARTS) is 1. The average Bonchev–Trinajstić information content (AvgIpc) is 3.70. The minimum atomic E-state index is -5.03. The van der Waals surface area contributed by atoms with Crippen molar-refractivity contribution < 1.29 is 65.4 Å². The predicted molar refractivity (Wildman–Crippen MR) is 194 cm³/mol. The quantitative estimate of drug-likeness (QED) is 0.0486. The summed E-state index contributed by atoms with van der Waals surface area (Å²) in [5.41, 5.74) is 1.70. The molecule has 0 aromatic carbocycles. The first kappa shape index (κ1) is 43.6. The highest BCUT2D eigenvalue weighted by Gasteiger charge is 2.51. The van der Waals surface area contributed by atoms with Gasteiger partial charge in [0.15, 0.2) is 16.6 Å². The van der Waals surface area contributed by atoms with Crippen molar-refractivity contribution in [2.75, 3.05) is 24.3 Å². The monoisotopic (exact) mass is 860 g/mol. The van der Waals surface area contributed by atoms with E-state index in [4.69, 9.17) is 10.6 Å². The maximum absolute atomic E-state index is 13.2. The van der Waals surface area contributed by atoms with Crippen molar-refractivity contribution in [3.8, 4) is 5.75 Å². The van der Waals surface area contributed by atoms with Crippen LogP contribution in [0.5, 0.6) is 5.75 Å². The van der Waals surface area contributed by atoms with Crippen molar-refractivity contribution in [3.63, 3.8) is 0 Å². The maximum Gasteiger partial charge on any atom is 0.350 e. The summed E-state index contributed by atoms with van der Waals surface area (Å²) in [5, 5.41) is 30.5. The van der Waals surface area contributed by atoms with Crippen LogP contribution in [0.1, 0.15) is 49.8 Å². The van der Waals surface area contributed by atoms with Crippen molar-refractivity contribution in [1.82, 2.24) is 39.8 Å². The molecule has 4 atom stereocenters. The number of nitrogen functional groups attached to an aromatic ring is 1. The Labute approximate surface area is 326 Å². The number of urea groups is 1. The van der Waals surface area contributed by atoms with E-state index in [0.29, 0.717) is 4.90 Å². The number of aromatic hydroxyl groups is 1. The molecule has 2 saturated heterocycles. The number of β-lactam (4-membered cyclic amide) rings is 1. The Kier molecular flexibility index (Phi) is 12.6. The van der Waals surface area contributed by atoms with E-state index in [1.807, 2.05) is 0 Å². The number of anilines is 1. The van der Waals surface area contributed by atoms with Gasteiger partial charge in [0, 0.05) is 30.3 Å². The number of thiazole rings is 1. The topological polar surface area (TPSA) is 376 Å². The van der Waals surface area contributed by atoms with E-state index < -0.39 is 139 Å². The molecule has 57 heavy (non-hydrogen) atoms. The molecular formula is C29H36N10O15S3. The van der Waals surface area contributed by atoms with Gasteiger partial charge in [0.1, 0.15) is 33.3 Å². The van der Waals surface area contributed by atoms with Crippen LogP contribution in [0, 0.1) is 0 Å². The van der Waals surface area contributed by atoms with Crippen LogP contribution < -0.4 is 31.8 Å². The first-order valence-corrected chi connectivity index (χ1v) is 20.6. The fraction of sp³-hybridized carbons (Fsp3) is 0.448. The molecule has 2 aliphatic rings. The number of rotatable bonds is 15. The van der Waals surface area contributed by atoms with Crippen LogP contribution >= 0.6 is 11.3 Å². The van der Waals surface area contributed by atoms with Gasteiger partial charge in [-0.1, -0.05) is 5.16 Å². The lowest BCUT2D eigenvalue weighted by Crippen LogP contribution is -2.73. The largest absolute Gasteiger partial charge is 0.503 e. The number of carbonyl (C=O) groups is 7. The summed E-state index contributed by atoms with van der Waals surface area (Å²) in [4.78, 5) is 113. The summed E-state index contributed by atoms with van der Waals surface area (Å²) in [7, 11) is -8.70. The SMILES string of the molecule is C[C@H]1[C@H](NC(=O)/C(=N\OC(C)(C)C(=O)O)c2csc(N)n2)C(=O)N1C(=O)NS(=O)(=O)N1C[C@@H](NC(=O)[C@H](CCS(C)(=O)=O)NC(=O)c2cc(=O)c(O)c[nH]2)CC1=O. The third-order valence-corrected chi connectivity index (χ3v) is 11.2. The molecule has 0 unspecified atom stereocenters. The summed E-state index contributed by atoms with van der Waals surface area (Å²) in [6, 6.07) is -6.23. The number of oxime groups is 1. The molecule has 0 saturated carbocycles. The third-order valence-electron chi connectivity index (χ3n) is 8.23. The van der Waals surface area contributed by atoms with E-state index in [-0.39, 0.29) is 15.1 Å². The van der Waals surface area contributed by atoms with Gasteiger partial charge in [0.2, 0.25) is 22.8 Å². The zero-order chi connectivity index (χ0) is 42.8. The highest BCUT2D eigenvalue weighted by molar-refractivity contribution is 7.90. The Bertz CT molecular complexity index is 2320. The number of pyridine rings is 1. The summed E-state index contributed by atoms with van der Waals surface area (Å²) in [6.45, 7) is 2.82. The normalized spacial score (nSPS) is 19.3. The number of H-pyrrole nitrogens is 1. The van der Waals surface area contributed by atoms with Gasteiger partial charge in [0.05, 0.1) is 24.4 Å². The Hall–Kier alpha value is -6.16. The summed E-state index contributed by atoms with van der Waals surface area (Å²) in [6.07, 6.45) is 0.570. The highest BCUT2D eigenvalue weighted by Crippen LogP contribution is 2.23. The number of likely N-dealkylation sites (tertiary alicyclic amines) is 1. The molecule has 2 aromatic heterocycles. The van der Waals surface area contributed by atoms with Crippen LogP contribution in [0.4, 0.5) is 9.93 Å². The third kappa shape index (κ3) is 10.4. The van der Waals surface area contributed by atoms with Crippen molar-refractivity contribution >= 4 is 83.8 Å². The first-order valence-electron chi connectivity index (χ1n) is 16.2. The first-order chi connectivity index (χ1) is 26.3. The predicted octanol–water partition coefficient (Wildman–Crippen LogP) is -3.68. The lowest BCUT2D eigenvalue weighted by Gasteiger charge is -2.43. The minimum Gasteiger partial charge on any atom is -0.503 e. The Morgan fingerprint density at radius 2 is 1.82 bits per heavy atom. The Morgan fingerprint density at radius 1 is 1.16 bits per heavy atom. The molecule has 0 spiro atoms. The number of nitrogens with zero attached hydrogens (tertiary/aromatic N) is 4. The molecule has 9 N–H and O–H groups in total. The molecule has 310 valence electrons. The molecule has 7 amide bonds. The maximum atomic E-state index is 13.2. The van der Waals surface area contributed by atoms with Gasteiger partial charge in [0.25, 0.3) is 17.7 Å². The summed E-state index contributed by atoms with van der Waals surface area (Å²) in [5.74, 6) is -8.10. The minimum absolute atomic E-state index is 0.00848. The molecular weight excluding hydrogens is 825 g/mol. The van der Waals surface area contributed by atoms with Crippen molar-refractivity contribution in [1.29, 1.82) is 0 Å². The zero-order valence-corrected chi connectivity index (χ0v) is 32.6. The standard InChI is InChI=1S/C29H36N10O15S3/c1-12-20(35-24(45)21(16-11-55-27(30)34-16)36-54-29(2,3)26(47)48)25(46)39(12)28(49)37-57(52,53)38-10-13(7-19(38)42)32-22(43)14(5-6-56(4,50)51)33-23(44)15-8-17(40)18(41)9-31-15/h8-9,11-14,20,41H,5-7,10H2,1-4H3,(H2,30,34)(H,31,40)(H,32,43)(H,33,44)(H,35,45)(H,37,49)(H,47,48)/b36-21-/t12-,13-,14-,20-/m0/s1. The zero-order valence-electron chi connectivity index (χ0n) is 30.2. The van der Waals surface area contributed by atoms with Crippen molar-refractivity contribution in [2.45, 2.75) is 63.4 Å². The van der Waals surface area contributed by atoms with E-state index in [2.05, 4.69) is 31.1 Å². The molecule has 4 rings (SSSR count). The Morgan fingerprint density at radius 3 is 2.39 bits per heavy atom. The van der Waals surface area contributed by atoms with Crippen LogP contribution in [-0.4, -0.2) is 142 Å². The van der Waals surface area contributed by atoms with Gasteiger partial charge in [-0.15, -0.1) is 11.3 Å². The second-order valence-corrected chi connectivity index (χ2v) is 17.8. The second-order valence-electron chi connectivity index (χ2n) is 13.1. The van der Waals surface area contributed by atoms with Gasteiger partial charge in [-0.05, 0) is 27.2 Å². The number of imide groups is 1. The van der Waals surface area contributed by atoms with Gasteiger partial charge >= 0.3 is 22.2 Å². The lowest BCUT2D eigenvalue weighted by molar-refractivity contribution is -0.161. The molecule has 0 radical (unpaired) electrons. The number of aromatic nitrogens is 2. The number of aliphatic carboxylic acids is 1. The van der Waals surface area contributed by atoms with Crippen LogP contribution in [0.2, 0.25) is 0 Å². The molecule has 2 aromatic rings. The van der Waals surface area contributed by atoms with Gasteiger partial charge in [-0.3, -0.25) is 33.7 Å². The molecule has 28 heteroatoms. The number of amides is 7. The number of hydrogen-bond acceptors (Lipinski definition) is 18. The molecule has 2 aliphatic heterocycles. The van der Waals surface area contributed by atoms with E-state index in [1.165, 1.54) is 12.3 Å².